The monoisotopic (exact) mass is 460 g/mol. The number of alkyl halides is 2. The minimum atomic E-state index is -3.04. The largest absolute Gasteiger partial charge is 0.343 e. The predicted molar refractivity (Wildman–Crippen MR) is 109 cm³/mol. The summed E-state index contributed by atoms with van der Waals surface area (Å²) in [4.78, 5) is 38.4. The summed E-state index contributed by atoms with van der Waals surface area (Å²) in [5.41, 5.74) is 0.781. The van der Waals surface area contributed by atoms with Gasteiger partial charge in [0.2, 0.25) is 0 Å². The summed E-state index contributed by atoms with van der Waals surface area (Å²) in [6, 6.07) is 2.89. The fourth-order valence-corrected chi connectivity index (χ4v) is 3.96. The summed E-state index contributed by atoms with van der Waals surface area (Å²) in [6.07, 6.45) is -0.462. The van der Waals surface area contributed by atoms with Crippen LogP contribution in [-0.4, -0.2) is 37.6 Å². The Morgan fingerprint density at radius 2 is 2.06 bits per heavy atom. The van der Waals surface area contributed by atoms with Crippen LogP contribution in [0.25, 0.3) is 0 Å². The van der Waals surface area contributed by atoms with Gasteiger partial charge in [0.25, 0.3) is 24.0 Å². The Kier molecular flexibility index (Phi) is 5.99. The molecule has 2 amide bonds. The molecule has 0 unspecified atom stereocenters. The molecule has 172 valence electrons. The number of carbonyl (C=O) groups is 3. The zero-order chi connectivity index (χ0) is 23.7. The van der Waals surface area contributed by atoms with E-state index in [0.717, 1.165) is 12.1 Å². The van der Waals surface area contributed by atoms with Gasteiger partial charge in [-0.2, -0.15) is 15.4 Å². The maximum atomic E-state index is 13.6. The lowest BCUT2D eigenvalue weighted by atomic mass is 10.0. The molecule has 3 N–H and O–H groups in total. The van der Waals surface area contributed by atoms with Crippen molar-refractivity contribution in [3.8, 4) is 0 Å². The van der Waals surface area contributed by atoms with E-state index in [1.165, 1.54) is 12.3 Å². The summed E-state index contributed by atoms with van der Waals surface area (Å²) >= 11 is 0. The van der Waals surface area contributed by atoms with Crippen LogP contribution in [0.2, 0.25) is 0 Å². The number of hydrogen-bond acceptors (Lipinski definition) is 5. The van der Waals surface area contributed by atoms with Gasteiger partial charge in [-0.25, -0.2) is 13.2 Å². The van der Waals surface area contributed by atoms with Gasteiger partial charge in [-0.1, -0.05) is 0 Å². The van der Waals surface area contributed by atoms with E-state index in [2.05, 4.69) is 26.0 Å². The molecule has 0 aliphatic carbocycles. The predicted octanol–water partition coefficient (Wildman–Crippen LogP) is 2.69. The summed E-state index contributed by atoms with van der Waals surface area (Å²) in [5, 5.41) is 14.8. The van der Waals surface area contributed by atoms with E-state index in [-0.39, 0.29) is 23.5 Å². The minimum Gasteiger partial charge on any atom is -0.343 e. The number of rotatable bonds is 7. The zero-order valence-electron chi connectivity index (χ0n) is 17.4. The molecule has 0 atom stereocenters. The van der Waals surface area contributed by atoms with Crippen LogP contribution in [0.15, 0.2) is 24.4 Å². The third-order valence-corrected chi connectivity index (χ3v) is 5.44. The standard InChI is InChI=1S/C21H19F3N6O3/c1-10-16(20(32)27-11-4-5-14(22)13(7-11)19(23)24)15-3-2-6-30(15)17(10)18(31)21(33)25-8-12-9-26-29-28-12/h4-5,7,9,19H,2-3,6,8H2,1H3,(H,25,33)(H,27,32)(H,26,28,29). The molecule has 0 bridgehead atoms. The molecule has 4 rings (SSSR count). The van der Waals surface area contributed by atoms with E-state index in [4.69, 9.17) is 0 Å². The molecule has 33 heavy (non-hydrogen) atoms. The third kappa shape index (κ3) is 4.23. The Morgan fingerprint density at radius 3 is 2.76 bits per heavy atom. The molecule has 0 saturated carbocycles. The molecule has 9 nitrogen and oxygen atoms in total. The first-order chi connectivity index (χ1) is 15.8. The highest BCUT2D eigenvalue weighted by molar-refractivity contribution is 6.43. The Labute approximate surface area is 185 Å². The lowest BCUT2D eigenvalue weighted by Gasteiger charge is -2.09. The maximum Gasteiger partial charge on any atom is 0.294 e. The van der Waals surface area contributed by atoms with Crippen molar-refractivity contribution >= 4 is 23.3 Å². The maximum absolute atomic E-state index is 13.6. The van der Waals surface area contributed by atoms with Gasteiger partial charge in [0.05, 0.1) is 29.6 Å². The highest BCUT2D eigenvalue weighted by Gasteiger charge is 2.33. The van der Waals surface area contributed by atoms with Crippen LogP contribution in [0, 0.1) is 12.7 Å². The van der Waals surface area contributed by atoms with Crippen LogP contribution in [0.3, 0.4) is 0 Å². The van der Waals surface area contributed by atoms with Gasteiger partial charge in [-0.05, 0) is 43.5 Å². The number of ketones is 1. The topological polar surface area (TPSA) is 122 Å². The number of fused-ring (bicyclic) bond motifs is 1. The lowest BCUT2D eigenvalue weighted by molar-refractivity contribution is -0.117. The second-order valence-electron chi connectivity index (χ2n) is 7.51. The van der Waals surface area contributed by atoms with Crippen LogP contribution in [0.5, 0.6) is 0 Å². The molecule has 0 saturated heterocycles. The number of hydrogen-bond donors (Lipinski definition) is 3. The van der Waals surface area contributed by atoms with Gasteiger partial charge >= 0.3 is 0 Å². The molecule has 0 spiro atoms. The quantitative estimate of drug-likeness (QED) is 0.370. The Balaban J connectivity index is 1.59. The molecule has 1 aliphatic rings. The van der Waals surface area contributed by atoms with E-state index in [1.54, 1.807) is 11.5 Å². The van der Waals surface area contributed by atoms with Crippen LogP contribution >= 0.6 is 0 Å². The first-order valence-corrected chi connectivity index (χ1v) is 10.1. The van der Waals surface area contributed by atoms with E-state index in [9.17, 15) is 27.6 Å². The van der Waals surface area contributed by atoms with E-state index in [0.29, 0.717) is 36.3 Å². The number of H-pyrrole nitrogens is 1. The molecule has 1 aromatic carbocycles. The van der Waals surface area contributed by atoms with Gasteiger partial charge < -0.3 is 15.2 Å². The van der Waals surface area contributed by atoms with Crippen molar-refractivity contribution in [2.24, 2.45) is 0 Å². The Morgan fingerprint density at radius 1 is 1.27 bits per heavy atom. The highest BCUT2D eigenvalue weighted by atomic mass is 19.3. The van der Waals surface area contributed by atoms with E-state index >= 15 is 0 Å². The average molecular weight is 460 g/mol. The molecular formula is C21H19F3N6O3. The zero-order valence-corrected chi connectivity index (χ0v) is 17.4. The van der Waals surface area contributed by atoms with Crippen LogP contribution in [-0.2, 0) is 24.3 Å². The van der Waals surface area contributed by atoms with Crippen LogP contribution < -0.4 is 10.6 Å². The third-order valence-electron chi connectivity index (χ3n) is 5.44. The SMILES string of the molecule is Cc1c(C(=O)Nc2ccc(F)c(C(F)F)c2)c2n(c1C(=O)C(=O)NCc1cn[nH]n1)CCC2. The first-order valence-electron chi connectivity index (χ1n) is 10.1. The number of benzene rings is 1. The van der Waals surface area contributed by atoms with Crippen molar-refractivity contribution < 1.29 is 27.6 Å². The highest BCUT2D eigenvalue weighted by Crippen LogP contribution is 2.31. The number of aromatic nitrogens is 4. The fourth-order valence-electron chi connectivity index (χ4n) is 3.96. The van der Waals surface area contributed by atoms with Crippen LogP contribution in [0.1, 0.15) is 56.2 Å². The van der Waals surface area contributed by atoms with Gasteiger partial charge in [0, 0.05) is 17.9 Å². The van der Waals surface area contributed by atoms with Gasteiger partial charge in [-0.15, -0.1) is 0 Å². The first kappa shape index (κ1) is 22.2. The molecule has 3 aromatic rings. The number of halogens is 3. The molecule has 0 fully saturated rings. The average Bonchev–Trinajstić information content (AvgIpc) is 3.50. The Bertz CT molecular complexity index is 1240. The smallest absolute Gasteiger partial charge is 0.294 e. The van der Waals surface area contributed by atoms with Crippen molar-refractivity contribution in [1.29, 1.82) is 0 Å². The molecule has 0 radical (unpaired) electrons. The number of nitrogens with zero attached hydrogens (tertiary/aromatic N) is 3. The molecule has 2 aromatic heterocycles. The molecular weight excluding hydrogens is 441 g/mol. The van der Waals surface area contributed by atoms with Crippen molar-refractivity contribution in [2.45, 2.75) is 39.3 Å². The Hall–Kier alpha value is -3.96. The molecule has 3 heterocycles. The van der Waals surface area contributed by atoms with E-state index < -0.39 is 35.4 Å². The second-order valence-corrected chi connectivity index (χ2v) is 7.51. The van der Waals surface area contributed by atoms with Gasteiger partial charge in [0.15, 0.2) is 0 Å². The lowest BCUT2D eigenvalue weighted by Crippen LogP contribution is -2.32. The normalized spacial score (nSPS) is 12.6. The van der Waals surface area contributed by atoms with Gasteiger partial charge in [-0.3, -0.25) is 14.4 Å². The summed E-state index contributed by atoms with van der Waals surface area (Å²) in [6.45, 7) is 2.00. The summed E-state index contributed by atoms with van der Waals surface area (Å²) in [7, 11) is 0. The number of aromatic amines is 1. The summed E-state index contributed by atoms with van der Waals surface area (Å²) < 4.78 is 41.2. The fraction of sp³-hybridized carbons (Fsp3) is 0.286. The van der Waals surface area contributed by atoms with Crippen molar-refractivity contribution in [3.63, 3.8) is 0 Å². The molecule has 12 heteroatoms. The number of nitrogens with one attached hydrogen (secondary N) is 3. The van der Waals surface area contributed by atoms with Crippen molar-refractivity contribution in [1.82, 2.24) is 25.3 Å². The number of amides is 2. The minimum absolute atomic E-state index is 0.00192. The summed E-state index contributed by atoms with van der Waals surface area (Å²) in [5.74, 6) is -3.37. The molecule has 1 aliphatic heterocycles. The van der Waals surface area contributed by atoms with Crippen molar-refractivity contribution in [3.05, 3.63) is 64.0 Å². The number of carbonyl (C=O) groups excluding carboxylic acids is 3. The van der Waals surface area contributed by atoms with Crippen molar-refractivity contribution in [2.75, 3.05) is 5.32 Å². The second kappa shape index (κ2) is 8.88. The van der Waals surface area contributed by atoms with Crippen LogP contribution in [0.4, 0.5) is 18.9 Å². The number of anilines is 1. The van der Waals surface area contributed by atoms with E-state index in [1.807, 2.05) is 0 Å². The number of Topliss-reactive ketones (excluding diaryl/α,β-unsaturated/α-hetero) is 1. The van der Waals surface area contributed by atoms with Gasteiger partial charge in [0.1, 0.15) is 11.5 Å².